The molecule has 0 bridgehead atoms. The van der Waals surface area contributed by atoms with Crippen LogP contribution >= 0.6 is 12.4 Å². The zero-order valence-corrected chi connectivity index (χ0v) is 11.6. The highest BCUT2D eigenvalue weighted by Crippen LogP contribution is 2.08. The van der Waals surface area contributed by atoms with Crippen LogP contribution in [0.3, 0.4) is 0 Å². The molecule has 1 amide bonds. The predicted molar refractivity (Wildman–Crippen MR) is 76.4 cm³/mol. The van der Waals surface area contributed by atoms with E-state index >= 15 is 0 Å². The number of halogens is 1. The van der Waals surface area contributed by atoms with Crippen molar-refractivity contribution in [2.75, 3.05) is 13.1 Å². The van der Waals surface area contributed by atoms with Crippen LogP contribution < -0.4 is 10.6 Å². The van der Waals surface area contributed by atoms with Crippen molar-refractivity contribution in [3.63, 3.8) is 0 Å². The van der Waals surface area contributed by atoms with Gasteiger partial charge in [-0.05, 0) is 44.9 Å². The van der Waals surface area contributed by atoms with Gasteiger partial charge in [-0.2, -0.15) is 0 Å². The van der Waals surface area contributed by atoms with E-state index in [1.165, 1.54) is 12.8 Å². The first kappa shape index (κ1) is 15.0. The lowest BCUT2D eigenvalue weighted by atomic mass is 10.1. The van der Waals surface area contributed by atoms with Gasteiger partial charge in [-0.15, -0.1) is 12.4 Å². The van der Waals surface area contributed by atoms with Crippen molar-refractivity contribution < 1.29 is 4.79 Å². The van der Waals surface area contributed by atoms with Gasteiger partial charge in [0.2, 0.25) is 0 Å². The maximum absolute atomic E-state index is 11.8. The van der Waals surface area contributed by atoms with Crippen LogP contribution in [0.5, 0.6) is 0 Å². The molecule has 0 spiro atoms. The molecular formula is C14H21ClN2O. The highest BCUT2D eigenvalue weighted by molar-refractivity contribution is 5.94. The van der Waals surface area contributed by atoms with Crippen LogP contribution in [0.4, 0.5) is 0 Å². The Labute approximate surface area is 115 Å². The molecule has 3 nitrogen and oxygen atoms in total. The van der Waals surface area contributed by atoms with Crippen LogP contribution in [-0.2, 0) is 0 Å². The van der Waals surface area contributed by atoms with Crippen LogP contribution in [0.1, 0.15) is 35.2 Å². The topological polar surface area (TPSA) is 41.1 Å². The zero-order chi connectivity index (χ0) is 12.1. The Bertz CT molecular complexity index is 389. The third kappa shape index (κ3) is 4.31. The molecule has 0 radical (unpaired) electrons. The van der Waals surface area contributed by atoms with Gasteiger partial charge < -0.3 is 10.6 Å². The minimum absolute atomic E-state index is 0. The molecule has 0 aromatic heterocycles. The van der Waals surface area contributed by atoms with E-state index in [4.69, 9.17) is 0 Å². The number of carbonyl (C=O) groups is 1. The van der Waals surface area contributed by atoms with Crippen LogP contribution in [0.25, 0.3) is 0 Å². The van der Waals surface area contributed by atoms with Gasteiger partial charge in [0.25, 0.3) is 5.91 Å². The number of hydrogen-bond donors (Lipinski definition) is 2. The molecule has 4 heteroatoms. The second kappa shape index (κ2) is 7.39. The van der Waals surface area contributed by atoms with Crippen molar-refractivity contribution in [1.29, 1.82) is 0 Å². The fourth-order valence-corrected chi connectivity index (χ4v) is 2.25. The third-order valence-electron chi connectivity index (χ3n) is 3.22. The van der Waals surface area contributed by atoms with Gasteiger partial charge in [-0.1, -0.05) is 17.7 Å². The minimum atomic E-state index is 0. The molecule has 1 aliphatic heterocycles. The van der Waals surface area contributed by atoms with Crippen molar-refractivity contribution in [2.45, 2.75) is 32.2 Å². The Morgan fingerprint density at radius 3 is 3.00 bits per heavy atom. The smallest absolute Gasteiger partial charge is 0.251 e. The fourth-order valence-electron chi connectivity index (χ4n) is 2.25. The number of benzene rings is 1. The molecule has 0 unspecified atom stereocenters. The molecule has 2 rings (SSSR count). The number of aryl methyl sites for hydroxylation is 1. The monoisotopic (exact) mass is 268 g/mol. The molecule has 0 saturated carbocycles. The van der Waals surface area contributed by atoms with E-state index in [1.54, 1.807) is 0 Å². The van der Waals surface area contributed by atoms with Gasteiger partial charge >= 0.3 is 0 Å². The molecule has 1 saturated heterocycles. The molecule has 1 heterocycles. The van der Waals surface area contributed by atoms with Gasteiger partial charge in [-0.25, -0.2) is 0 Å². The number of hydrogen-bond acceptors (Lipinski definition) is 2. The van der Waals surface area contributed by atoms with Gasteiger partial charge in [0.15, 0.2) is 0 Å². The quantitative estimate of drug-likeness (QED) is 0.880. The molecule has 1 aliphatic rings. The largest absolute Gasteiger partial charge is 0.352 e. The lowest BCUT2D eigenvalue weighted by Gasteiger charge is -2.10. The summed E-state index contributed by atoms with van der Waals surface area (Å²) in [6.07, 6.45) is 3.52. The second-order valence-electron chi connectivity index (χ2n) is 4.71. The van der Waals surface area contributed by atoms with Gasteiger partial charge in [0, 0.05) is 18.2 Å². The first-order valence-corrected chi connectivity index (χ1v) is 6.34. The maximum Gasteiger partial charge on any atom is 0.251 e. The van der Waals surface area contributed by atoms with Gasteiger partial charge in [0.1, 0.15) is 0 Å². The maximum atomic E-state index is 11.8. The SMILES string of the molecule is Cc1cccc(C(=O)NCC[C@H]2CCCN2)c1.Cl. The summed E-state index contributed by atoms with van der Waals surface area (Å²) in [5.41, 5.74) is 1.87. The Balaban J connectivity index is 0.00000162. The first-order valence-electron chi connectivity index (χ1n) is 6.34. The van der Waals surface area contributed by atoms with Gasteiger partial charge in [0.05, 0.1) is 0 Å². The fraction of sp³-hybridized carbons (Fsp3) is 0.500. The van der Waals surface area contributed by atoms with Crippen molar-refractivity contribution in [3.05, 3.63) is 35.4 Å². The van der Waals surface area contributed by atoms with E-state index < -0.39 is 0 Å². The van der Waals surface area contributed by atoms with Crippen molar-refractivity contribution in [1.82, 2.24) is 10.6 Å². The molecule has 0 aliphatic carbocycles. The van der Waals surface area contributed by atoms with Crippen molar-refractivity contribution in [2.24, 2.45) is 0 Å². The molecule has 1 aromatic rings. The van der Waals surface area contributed by atoms with E-state index in [0.717, 1.165) is 30.6 Å². The number of nitrogens with one attached hydrogen (secondary N) is 2. The summed E-state index contributed by atoms with van der Waals surface area (Å²) in [5, 5.41) is 6.40. The molecule has 1 atom stereocenters. The second-order valence-corrected chi connectivity index (χ2v) is 4.71. The standard InChI is InChI=1S/C14H20N2O.ClH/c1-11-4-2-5-12(10-11)14(17)16-9-7-13-6-3-8-15-13;/h2,4-5,10,13,15H,3,6-9H2,1H3,(H,16,17);1H/t13-;/m1./s1. The van der Waals surface area contributed by atoms with Crippen LogP contribution in [-0.4, -0.2) is 25.0 Å². The average Bonchev–Trinajstić information content (AvgIpc) is 2.82. The summed E-state index contributed by atoms with van der Waals surface area (Å²) in [7, 11) is 0. The lowest BCUT2D eigenvalue weighted by molar-refractivity contribution is 0.0952. The Hall–Kier alpha value is -1.06. The predicted octanol–water partition coefficient (Wildman–Crippen LogP) is 2.29. The molecule has 2 N–H and O–H groups in total. The van der Waals surface area contributed by atoms with E-state index in [1.807, 2.05) is 31.2 Å². The summed E-state index contributed by atoms with van der Waals surface area (Å²) >= 11 is 0. The number of amides is 1. The summed E-state index contributed by atoms with van der Waals surface area (Å²) in [6.45, 7) is 3.88. The first-order chi connectivity index (χ1) is 8.25. The van der Waals surface area contributed by atoms with Crippen LogP contribution in [0.2, 0.25) is 0 Å². The Morgan fingerprint density at radius 2 is 2.33 bits per heavy atom. The molecule has 100 valence electrons. The third-order valence-corrected chi connectivity index (χ3v) is 3.22. The number of rotatable bonds is 4. The van der Waals surface area contributed by atoms with Crippen LogP contribution in [0.15, 0.2) is 24.3 Å². The highest BCUT2D eigenvalue weighted by atomic mass is 35.5. The summed E-state index contributed by atoms with van der Waals surface area (Å²) in [6, 6.07) is 8.29. The normalized spacial score (nSPS) is 18.2. The van der Waals surface area contributed by atoms with Crippen molar-refractivity contribution in [3.8, 4) is 0 Å². The minimum Gasteiger partial charge on any atom is -0.352 e. The number of carbonyl (C=O) groups excluding carboxylic acids is 1. The van der Waals surface area contributed by atoms with E-state index in [9.17, 15) is 4.79 Å². The Kier molecular flexibility index (Phi) is 6.16. The van der Waals surface area contributed by atoms with Gasteiger partial charge in [-0.3, -0.25) is 4.79 Å². The summed E-state index contributed by atoms with van der Waals surface area (Å²) < 4.78 is 0. The summed E-state index contributed by atoms with van der Waals surface area (Å²) in [4.78, 5) is 11.8. The van der Waals surface area contributed by atoms with Crippen LogP contribution in [0, 0.1) is 6.92 Å². The molecule has 1 fully saturated rings. The molecular weight excluding hydrogens is 248 g/mol. The lowest BCUT2D eigenvalue weighted by Crippen LogP contribution is -2.30. The Morgan fingerprint density at radius 1 is 1.50 bits per heavy atom. The average molecular weight is 269 g/mol. The summed E-state index contributed by atoms with van der Waals surface area (Å²) in [5.74, 6) is 0.0340. The zero-order valence-electron chi connectivity index (χ0n) is 10.7. The van der Waals surface area contributed by atoms with E-state index in [2.05, 4.69) is 10.6 Å². The van der Waals surface area contributed by atoms with Crippen molar-refractivity contribution >= 4 is 18.3 Å². The van der Waals surface area contributed by atoms with E-state index in [-0.39, 0.29) is 18.3 Å². The van der Waals surface area contributed by atoms with E-state index in [0.29, 0.717) is 6.04 Å². The molecule has 18 heavy (non-hydrogen) atoms. The highest BCUT2D eigenvalue weighted by Gasteiger charge is 2.13. The molecule has 1 aromatic carbocycles.